The van der Waals surface area contributed by atoms with Crippen LogP contribution in [0.1, 0.15) is 17.0 Å². The molecule has 0 atom stereocenters. The van der Waals surface area contributed by atoms with Crippen molar-refractivity contribution in [3.8, 4) is 11.3 Å². The molecule has 0 unspecified atom stereocenters. The van der Waals surface area contributed by atoms with Crippen molar-refractivity contribution in [3.63, 3.8) is 0 Å². The summed E-state index contributed by atoms with van der Waals surface area (Å²) >= 11 is 0. The summed E-state index contributed by atoms with van der Waals surface area (Å²) in [4.78, 5) is 25.9. The minimum absolute atomic E-state index is 0.115. The monoisotopic (exact) mass is 352 g/mol. The average molecular weight is 352 g/mol. The third kappa shape index (κ3) is 3.88. The van der Waals surface area contributed by atoms with Gasteiger partial charge in [-0.3, -0.25) is 9.59 Å². The third-order valence-corrected chi connectivity index (χ3v) is 4.17. The summed E-state index contributed by atoms with van der Waals surface area (Å²) in [7, 11) is 1.65. The first-order valence-electron chi connectivity index (χ1n) is 8.24. The van der Waals surface area contributed by atoms with E-state index in [0.29, 0.717) is 11.5 Å². The highest BCUT2D eigenvalue weighted by Gasteiger charge is 2.15. The van der Waals surface area contributed by atoms with Crippen LogP contribution in [0.4, 0.5) is 0 Å². The van der Waals surface area contributed by atoms with Crippen LogP contribution < -0.4 is 5.56 Å². The van der Waals surface area contributed by atoms with Crippen molar-refractivity contribution in [2.75, 3.05) is 7.05 Å². The van der Waals surface area contributed by atoms with Crippen molar-refractivity contribution >= 4 is 5.91 Å². The van der Waals surface area contributed by atoms with Gasteiger partial charge in [0.05, 0.1) is 12.2 Å². The predicted octanol–water partition coefficient (Wildman–Crippen LogP) is 2.17. The molecule has 2 heterocycles. The molecular formula is C19H20N4O3. The lowest BCUT2D eigenvalue weighted by Crippen LogP contribution is -2.35. The second-order valence-corrected chi connectivity index (χ2v) is 6.20. The van der Waals surface area contributed by atoms with Crippen LogP contribution in [0.2, 0.25) is 0 Å². The fourth-order valence-corrected chi connectivity index (χ4v) is 2.49. The molecule has 1 amide bonds. The van der Waals surface area contributed by atoms with E-state index in [9.17, 15) is 9.59 Å². The number of amides is 1. The minimum Gasteiger partial charge on any atom is -0.359 e. The molecule has 0 aliphatic rings. The first-order chi connectivity index (χ1) is 12.4. The first kappa shape index (κ1) is 17.6. The molecule has 0 spiro atoms. The molecule has 0 aliphatic carbocycles. The van der Waals surface area contributed by atoms with E-state index in [0.717, 1.165) is 16.8 Å². The molecule has 0 radical (unpaired) electrons. The molecular weight excluding hydrogens is 332 g/mol. The van der Waals surface area contributed by atoms with Crippen LogP contribution in [0.25, 0.3) is 11.3 Å². The van der Waals surface area contributed by atoms with Gasteiger partial charge in [-0.2, -0.15) is 5.10 Å². The summed E-state index contributed by atoms with van der Waals surface area (Å²) in [6.07, 6.45) is 0. The topological polar surface area (TPSA) is 81.2 Å². The zero-order chi connectivity index (χ0) is 18.7. The molecule has 26 heavy (non-hydrogen) atoms. The maximum Gasteiger partial charge on any atom is 0.267 e. The van der Waals surface area contributed by atoms with Crippen molar-refractivity contribution in [1.82, 2.24) is 19.8 Å². The van der Waals surface area contributed by atoms with Gasteiger partial charge in [-0.1, -0.05) is 35.5 Å². The fourth-order valence-electron chi connectivity index (χ4n) is 2.49. The van der Waals surface area contributed by atoms with Gasteiger partial charge in [-0.25, -0.2) is 4.68 Å². The van der Waals surface area contributed by atoms with Crippen LogP contribution >= 0.6 is 0 Å². The van der Waals surface area contributed by atoms with Gasteiger partial charge in [0, 0.05) is 24.7 Å². The van der Waals surface area contributed by atoms with Crippen LogP contribution in [0, 0.1) is 13.8 Å². The van der Waals surface area contributed by atoms with Crippen molar-refractivity contribution in [1.29, 1.82) is 0 Å². The van der Waals surface area contributed by atoms with Gasteiger partial charge in [-0.15, -0.1) is 0 Å². The Morgan fingerprint density at radius 2 is 1.92 bits per heavy atom. The molecule has 2 aromatic heterocycles. The highest BCUT2D eigenvalue weighted by molar-refractivity contribution is 5.75. The molecule has 0 saturated carbocycles. The predicted molar refractivity (Wildman–Crippen MR) is 96.4 cm³/mol. The lowest BCUT2D eigenvalue weighted by Gasteiger charge is -2.16. The molecule has 7 heteroatoms. The zero-order valence-electron chi connectivity index (χ0n) is 15.0. The second kappa shape index (κ2) is 7.35. The second-order valence-electron chi connectivity index (χ2n) is 6.20. The molecule has 134 valence electrons. The fraction of sp³-hybridized carbons (Fsp3) is 0.263. The van der Waals surface area contributed by atoms with Gasteiger partial charge in [0.1, 0.15) is 12.2 Å². The Labute approximate surface area is 150 Å². The Morgan fingerprint density at radius 3 is 2.65 bits per heavy atom. The van der Waals surface area contributed by atoms with Gasteiger partial charge < -0.3 is 9.42 Å². The molecule has 0 aliphatic heterocycles. The number of likely N-dealkylation sites (N-methyl/N-ethyl adjacent to an activating group) is 1. The first-order valence-corrected chi connectivity index (χ1v) is 8.24. The Bertz CT molecular complexity index is 976. The standard InChI is InChI=1S/C19H20N4O3/c1-13-9-18(24)23(20-14(13)2)12-19(25)22(3)11-16-10-17(21-26-16)15-7-5-4-6-8-15/h4-10H,11-12H2,1-3H3. The van der Waals surface area contributed by atoms with E-state index >= 15 is 0 Å². The number of aromatic nitrogens is 3. The Kier molecular flexibility index (Phi) is 4.97. The third-order valence-electron chi connectivity index (χ3n) is 4.17. The van der Waals surface area contributed by atoms with Gasteiger partial charge in [0.15, 0.2) is 5.76 Å². The van der Waals surface area contributed by atoms with Crippen LogP contribution in [0.3, 0.4) is 0 Å². The summed E-state index contributed by atoms with van der Waals surface area (Å²) in [5.74, 6) is 0.334. The maximum absolute atomic E-state index is 12.4. The van der Waals surface area contributed by atoms with Crippen LogP contribution in [0.5, 0.6) is 0 Å². The van der Waals surface area contributed by atoms with E-state index in [1.165, 1.54) is 15.6 Å². The summed E-state index contributed by atoms with van der Waals surface area (Å²) < 4.78 is 6.50. The Balaban J connectivity index is 1.68. The lowest BCUT2D eigenvalue weighted by molar-refractivity contribution is -0.131. The van der Waals surface area contributed by atoms with E-state index in [4.69, 9.17) is 4.52 Å². The lowest BCUT2D eigenvalue weighted by atomic mass is 10.1. The van der Waals surface area contributed by atoms with Crippen LogP contribution in [-0.2, 0) is 17.9 Å². The van der Waals surface area contributed by atoms with Crippen molar-refractivity contribution in [3.05, 3.63) is 69.8 Å². The largest absolute Gasteiger partial charge is 0.359 e. The van der Waals surface area contributed by atoms with E-state index in [2.05, 4.69) is 10.3 Å². The molecule has 3 aromatic rings. The van der Waals surface area contributed by atoms with Gasteiger partial charge in [-0.05, 0) is 19.4 Å². The number of hydrogen-bond donors (Lipinski definition) is 0. The molecule has 0 bridgehead atoms. The van der Waals surface area contributed by atoms with Gasteiger partial charge >= 0.3 is 0 Å². The molecule has 0 saturated heterocycles. The Hall–Kier alpha value is -3.22. The maximum atomic E-state index is 12.4. The number of rotatable bonds is 5. The zero-order valence-corrected chi connectivity index (χ0v) is 15.0. The number of nitrogens with zero attached hydrogens (tertiary/aromatic N) is 4. The van der Waals surface area contributed by atoms with Gasteiger partial charge in [0.25, 0.3) is 5.56 Å². The molecule has 0 N–H and O–H groups in total. The molecule has 7 nitrogen and oxygen atoms in total. The number of carbonyl (C=O) groups excluding carboxylic acids is 1. The highest BCUT2D eigenvalue weighted by Crippen LogP contribution is 2.19. The SMILES string of the molecule is Cc1cc(=O)n(CC(=O)N(C)Cc2cc(-c3ccccc3)no2)nc1C. The van der Waals surface area contributed by atoms with Crippen molar-refractivity contribution in [2.45, 2.75) is 26.9 Å². The quantitative estimate of drug-likeness (QED) is 0.703. The molecule has 3 rings (SSSR count). The van der Waals surface area contributed by atoms with E-state index < -0.39 is 0 Å². The number of carbonyl (C=O) groups is 1. The summed E-state index contributed by atoms with van der Waals surface area (Å²) in [6.45, 7) is 3.77. The van der Waals surface area contributed by atoms with E-state index in [-0.39, 0.29) is 24.6 Å². The van der Waals surface area contributed by atoms with Crippen molar-refractivity contribution in [2.24, 2.45) is 0 Å². The van der Waals surface area contributed by atoms with Gasteiger partial charge in [0.2, 0.25) is 5.91 Å². The molecule has 1 aromatic carbocycles. The van der Waals surface area contributed by atoms with Crippen LogP contribution in [0.15, 0.2) is 51.8 Å². The highest BCUT2D eigenvalue weighted by atomic mass is 16.5. The number of hydrogen-bond acceptors (Lipinski definition) is 5. The average Bonchev–Trinajstić information content (AvgIpc) is 3.09. The van der Waals surface area contributed by atoms with Crippen LogP contribution in [-0.4, -0.2) is 32.8 Å². The smallest absolute Gasteiger partial charge is 0.267 e. The number of benzene rings is 1. The summed E-state index contributed by atoms with van der Waals surface area (Å²) in [5.41, 5.74) is 2.90. The van der Waals surface area contributed by atoms with E-state index in [1.54, 1.807) is 20.0 Å². The summed E-state index contributed by atoms with van der Waals surface area (Å²) in [6, 6.07) is 12.9. The normalized spacial score (nSPS) is 10.7. The Morgan fingerprint density at radius 1 is 1.19 bits per heavy atom. The molecule has 0 fully saturated rings. The summed E-state index contributed by atoms with van der Waals surface area (Å²) in [5, 5.41) is 8.20. The van der Waals surface area contributed by atoms with E-state index in [1.807, 2.05) is 37.3 Å². The number of aryl methyl sites for hydroxylation is 2. The minimum atomic E-state index is -0.291. The van der Waals surface area contributed by atoms with Crippen molar-refractivity contribution < 1.29 is 9.32 Å².